The van der Waals surface area contributed by atoms with Crippen molar-refractivity contribution in [2.75, 3.05) is 26.9 Å². The molecular weight excluding hydrogens is 168 g/mol. The van der Waals surface area contributed by atoms with Gasteiger partial charge in [0.2, 0.25) is 0 Å². The molecule has 0 spiro atoms. The molecule has 0 unspecified atom stereocenters. The van der Waals surface area contributed by atoms with Crippen LogP contribution in [0.5, 0.6) is 0 Å². The van der Waals surface area contributed by atoms with Crippen LogP contribution in [0, 0.1) is 6.92 Å². The number of nitrogens with zero attached hydrogens (tertiary/aromatic N) is 2. The highest BCUT2D eigenvalue weighted by Gasteiger charge is 1.95. The van der Waals surface area contributed by atoms with E-state index in [9.17, 15) is 0 Å². The minimum atomic E-state index is 0.656. The third-order valence-electron chi connectivity index (χ3n) is 1.83. The Morgan fingerprint density at radius 1 is 1.38 bits per heavy atom. The van der Waals surface area contributed by atoms with Crippen LogP contribution in [-0.4, -0.2) is 36.5 Å². The van der Waals surface area contributed by atoms with Crippen molar-refractivity contribution in [3.63, 3.8) is 0 Å². The Kier molecular flexibility index (Phi) is 4.49. The summed E-state index contributed by atoms with van der Waals surface area (Å²) >= 11 is 0. The second-order valence-electron chi connectivity index (χ2n) is 2.77. The smallest absolute Gasteiger partial charge is 0.105 e. The van der Waals surface area contributed by atoms with Crippen LogP contribution >= 0.6 is 0 Å². The normalized spacial score (nSPS) is 10.6. The lowest BCUT2D eigenvalue weighted by Crippen LogP contribution is -2.09. The van der Waals surface area contributed by atoms with Crippen LogP contribution in [0.4, 0.5) is 0 Å². The third-order valence-corrected chi connectivity index (χ3v) is 1.83. The van der Waals surface area contributed by atoms with Gasteiger partial charge in [0.15, 0.2) is 0 Å². The zero-order valence-electron chi connectivity index (χ0n) is 8.19. The summed E-state index contributed by atoms with van der Waals surface area (Å²) in [5, 5.41) is 0. The molecule has 1 heterocycles. The van der Waals surface area contributed by atoms with Gasteiger partial charge in [0.05, 0.1) is 19.8 Å². The van der Waals surface area contributed by atoms with Crippen LogP contribution in [0.1, 0.15) is 5.82 Å². The first kappa shape index (κ1) is 10.2. The third kappa shape index (κ3) is 3.57. The Balaban J connectivity index is 2.10. The van der Waals surface area contributed by atoms with Crippen molar-refractivity contribution in [2.45, 2.75) is 13.5 Å². The Labute approximate surface area is 78.5 Å². The standard InChI is InChI=1S/C9H16N2O2/c1-9-10-3-4-11(9)5-6-13-8-7-12-2/h3-4H,5-8H2,1-2H3. The van der Waals surface area contributed by atoms with Crippen LogP contribution in [0.25, 0.3) is 0 Å². The van der Waals surface area contributed by atoms with Crippen molar-refractivity contribution in [3.8, 4) is 0 Å². The first-order valence-corrected chi connectivity index (χ1v) is 4.39. The van der Waals surface area contributed by atoms with Gasteiger partial charge in [0, 0.05) is 26.0 Å². The van der Waals surface area contributed by atoms with E-state index < -0.39 is 0 Å². The summed E-state index contributed by atoms with van der Waals surface area (Å²) < 4.78 is 12.2. The maximum atomic E-state index is 5.33. The van der Waals surface area contributed by atoms with E-state index in [4.69, 9.17) is 9.47 Å². The monoisotopic (exact) mass is 184 g/mol. The molecule has 0 atom stereocenters. The highest BCUT2D eigenvalue weighted by atomic mass is 16.5. The van der Waals surface area contributed by atoms with Crippen molar-refractivity contribution in [2.24, 2.45) is 0 Å². The van der Waals surface area contributed by atoms with Gasteiger partial charge in [-0.2, -0.15) is 0 Å². The molecule has 1 rings (SSSR count). The molecule has 0 N–H and O–H groups in total. The molecule has 0 amide bonds. The number of hydrogen-bond donors (Lipinski definition) is 0. The predicted molar refractivity (Wildman–Crippen MR) is 49.7 cm³/mol. The average Bonchev–Trinajstić information content (AvgIpc) is 2.52. The second-order valence-corrected chi connectivity index (χ2v) is 2.77. The van der Waals surface area contributed by atoms with Gasteiger partial charge in [-0.05, 0) is 6.92 Å². The van der Waals surface area contributed by atoms with Crippen molar-refractivity contribution in [1.29, 1.82) is 0 Å². The highest BCUT2D eigenvalue weighted by Crippen LogP contribution is 1.94. The van der Waals surface area contributed by atoms with Crippen molar-refractivity contribution >= 4 is 0 Å². The van der Waals surface area contributed by atoms with Crippen LogP contribution < -0.4 is 0 Å². The van der Waals surface area contributed by atoms with Gasteiger partial charge < -0.3 is 14.0 Å². The zero-order chi connectivity index (χ0) is 9.52. The molecule has 0 saturated heterocycles. The molecule has 4 nitrogen and oxygen atoms in total. The van der Waals surface area contributed by atoms with Crippen LogP contribution in [0.2, 0.25) is 0 Å². The summed E-state index contributed by atoms with van der Waals surface area (Å²) in [5.74, 6) is 1.02. The Hall–Kier alpha value is -0.870. The molecule has 0 radical (unpaired) electrons. The molecule has 0 aliphatic rings. The molecule has 0 aromatic carbocycles. The van der Waals surface area contributed by atoms with E-state index >= 15 is 0 Å². The van der Waals surface area contributed by atoms with E-state index in [0.717, 1.165) is 12.4 Å². The number of methoxy groups -OCH3 is 1. The number of aryl methyl sites for hydroxylation is 1. The van der Waals surface area contributed by atoms with Gasteiger partial charge >= 0.3 is 0 Å². The van der Waals surface area contributed by atoms with E-state index in [1.165, 1.54) is 0 Å². The molecule has 13 heavy (non-hydrogen) atoms. The maximum absolute atomic E-state index is 5.33. The van der Waals surface area contributed by atoms with Gasteiger partial charge in [-0.3, -0.25) is 0 Å². The fraction of sp³-hybridized carbons (Fsp3) is 0.667. The Morgan fingerprint density at radius 2 is 2.23 bits per heavy atom. The molecule has 0 aliphatic heterocycles. The number of aromatic nitrogens is 2. The summed E-state index contributed by atoms with van der Waals surface area (Å²) in [4.78, 5) is 4.11. The summed E-state index contributed by atoms with van der Waals surface area (Å²) in [6.45, 7) is 4.86. The highest BCUT2D eigenvalue weighted by molar-refractivity contribution is 4.87. The summed E-state index contributed by atoms with van der Waals surface area (Å²) in [5.41, 5.74) is 0. The first-order valence-electron chi connectivity index (χ1n) is 4.39. The van der Waals surface area contributed by atoms with Crippen LogP contribution in [-0.2, 0) is 16.0 Å². The van der Waals surface area contributed by atoms with E-state index in [-0.39, 0.29) is 0 Å². The van der Waals surface area contributed by atoms with E-state index in [2.05, 4.69) is 9.55 Å². The van der Waals surface area contributed by atoms with E-state index in [1.807, 2.05) is 13.1 Å². The van der Waals surface area contributed by atoms with Gasteiger partial charge in [-0.1, -0.05) is 0 Å². The zero-order valence-corrected chi connectivity index (χ0v) is 8.19. The summed E-state index contributed by atoms with van der Waals surface area (Å²) in [6.07, 6.45) is 3.75. The molecule has 1 aromatic rings. The summed E-state index contributed by atoms with van der Waals surface area (Å²) in [7, 11) is 1.67. The Morgan fingerprint density at radius 3 is 2.85 bits per heavy atom. The number of ether oxygens (including phenoxy) is 2. The molecule has 1 aromatic heterocycles. The second kappa shape index (κ2) is 5.72. The van der Waals surface area contributed by atoms with Crippen molar-refractivity contribution < 1.29 is 9.47 Å². The molecule has 4 heteroatoms. The molecular formula is C9H16N2O2. The minimum Gasteiger partial charge on any atom is -0.382 e. The van der Waals surface area contributed by atoms with E-state index in [1.54, 1.807) is 13.3 Å². The first-order chi connectivity index (χ1) is 6.34. The molecule has 74 valence electrons. The molecule has 0 fully saturated rings. The van der Waals surface area contributed by atoms with Gasteiger partial charge in [-0.15, -0.1) is 0 Å². The quantitative estimate of drug-likeness (QED) is 0.615. The van der Waals surface area contributed by atoms with Crippen molar-refractivity contribution in [1.82, 2.24) is 9.55 Å². The SMILES string of the molecule is COCCOCCn1ccnc1C. The lowest BCUT2D eigenvalue weighted by atomic mass is 10.6. The van der Waals surface area contributed by atoms with Gasteiger partial charge in [0.1, 0.15) is 5.82 Å². The topological polar surface area (TPSA) is 36.3 Å². The number of rotatable bonds is 6. The molecule has 0 aliphatic carbocycles. The van der Waals surface area contributed by atoms with Crippen LogP contribution in [0.3, 0.4) is 0 Å². The molecule has 0 saturated carbocycles. The lowest BCUT2D eigenvalue weighted by Gasteiger charge is -2.05. The fourth-order valence-corrected chi connectivity index (χ4v) is 1.05. The lowest BCUT2D eigenvalue weighted by molar-refractivity contribution is 0.0664. The average molecular weight is 184 g/mol. The fourth-order valence-electron chi connectivity index (χ4n) is 1.05. The van der Waals surface area contributed by atoms with Gasteiger partial charge in [-0.25, -0.2) is 4.98 Å². The summed E-state index contributed by atoms with van der Waals surface area (Å²) in [6, 6.07) is 0. The minimum absolute atomic E-state index is 0.656. The number of imidazole rings is 1. The van der Waals surface area contributed by atoms with Crippen LogP contribution in [0.15, 0.2) is 12.4 Å². The maximum Gasteiger partial charge on any atom is 0.105 e. The molecule has 0 bridgehead atoms. The Bertz CT molecular complexity index is 235. The predicted octanol–water partition coefficient (Wildman–Crippen LogP) is 0.855. The largest absolute Gasteiger partial charge is 0.382 e. The van der Waals surface area contributed by atoms with Crippen molar-refractivity contribution in [3.05, 3.63) is 18.2 Å². The van der Waals surface area contributed by atoms with E-state index in [0.29, 0.717) is 19.8 Å². The number of hydrogen-bond acceptors (Lipinski definition) is 3. The van der Waals surface area contributed by atoms with Gasteiger partial charge in [0.25, 0.3) is 0 Å².